The Hall–Kier alpha value is -5.03. The molecule has 0 spiro atoms. The fraction of sp³-hybridized carbons (Fsp3) is 0.350. The van der Waals surface area contributed by atoms with Crippen molar-refractivity contribution in [2.45, 2.75) is 52.0 Å². The first-order valence-corrected chi connectivity index (χ1v) is 20.1. The molecule has 4 aromatic rings. The predicted molar refractivity (Wildman–Crippen MR) is 205 cm³/mol. The summed E-state index contributed by atoms with van der Waals surface area (Å²) in [5.41, 5.74) is 3.18. The first kappa shape index (κ1) is 37.7. The van der Waals surface area contributed by atoms with Gasteiger partial charge in [-0.1, -0.05) is 91.9 Å². The third-order valence-corrected chi connectivity index (χ3v) is 12.3. The second-order valence-corrected chi connectivity index (χ2v) is 16.2. The van der Waals surface area contributed by atoms with Crippen LogP contribution in [0.25, 0.3) is 10.8 Å². The lowest BCUT2D eigenvalue weighted by Crippen LogP contribution is -2.76. The van der Waals surface area contributed by atoms with E-state index >= 15 is 0 Å². The molecule has 2 fully saturated rings. The van der Waals surface area contributed by atoms with Gasteiger partial charge in [0.2, 0.25) is 25.1 Å². The number of rotatable bonds is 13. The van der Waals surface area contributed by atoms with Crippen LogP contribution in [-0.4, -0.2) is 94.8 Å². The summed E-state index contributed by atoms with van der Waals surface area (Å²) in [4.78, 5) is 58.4. The van der Waals surface area contributed by atoms with Gasteiger partial charge in [0.25, 0.3) is 0 Å². The molecule has 3 atom stereocenters. The largest absolute Gasteiger partial charge is 0.334 e. The molecule has 53 heavy (non-hydrogen) atoms. The van der Waals surface area contributed by atoms with E-state index in [4.69, 9.17) is 4.52 Å². The first-order valence-electron chi connectivity index (χ1n) is 18.1. The Balaban J connectivity index is 1.26. The van der Waals surface area contributed by atoms with Crippen molar-refractivity contribution in [3.8, 4) is 0 Å². The van der Waals surface area contributed by atoms with Gasteiger partial charge in [-0.2, -0.15) is 0 Å². The second-order valence-electron chi connectivity index (χ2n) is 13.5. The molecular formula is C40H47N6O6P. The van der Waals surface area contributed by atoms with Crippen molar-refractivity contribution in [1.29, 1.82) is 0 Å². The van der Waals surface area contributed by atoms with Crippen LogP contribution in [0.1, 0.15) is 37.0 Å². The van der Waals surface area contributed by atoms with E-state index in [0.717, 1.165) is 27.5 Å². The van der Waals surface area contributed by atoms with E-state index in [0.29, 0.717) is 31.4 Å². The minimum absolute atomic E-state index is 0.0725. The van der Waals surface area contributed by atoms with Crippen molar-refractivity contribution in [3.63, 3.8) is 0 Å². The average Bonchev–Trinajstić information content (AvgIpc) is 3.13. The molecule has 0 saturated carbocycles. The highest BCUT2D eigenvalue weighted by Gasteiger charge is 2.50. The van der Waals surface area contributed by atoms with Crippen molar-refractivity contribution >= 4 is 47.6 Å². The van der Waals surface area contributed by atoms with Crippen LogP contribution >= 0.6 is 7.37 Å². The van der Waals surface area contributed by atoms with Crippen molar-refractivity contribution in [2.75, 3.05) is 44.4 Å². The number of fused-ring (bicyclic) bond motifs is 2. The maximum absolute atomic E-state index is 14.5. The van der Waals surface area contributed by atoms with E-state index in [1.807, 2.05) is 79.7 Å². The lowest BCUT2D eigenvalue weighted by molar-refractivity contribution is -0.187. The molecule has 5 amide bonds. The molecular weight excluding hydrogens is 691 g/mol. The van der Waals surface area contributed by atoms with Crippen molar-refractivity contribution in [1.82, 2.24) is 25.1 Å². The van der Waals surface area contributed by atoms with E-state index < -0.39 is 25.5 Å². The molecule has 0 bridgehead atoms. The highest BCUT2D eigenvalue weighted by atomic mass is 31.2. The van der Waals surface area contributed by atoms with Gasteiger partial charge in [0, 0.05) is 38.4 Å². The van der Waals surface area contributed by atoms with Gasteiger partial charge in [-0.3, -0.25) is 18.9 Å². The quantitative estimate of drug-likeness (QED) is 0.169. The zero-order valence-corrected chi connectivity index (χ0v) is 31.3. The van der Waals surface area contributed by atoms with E-state index in [1.165, 1.54) is 0 Å². The summed E-state index contributed by atoms with van der Waals surface area (Å²) >= 11 is 0. The number of nitrogens with one attached hydrogen (secondary N) is 2. The maximum Gasteiger partial charge on any atom is 0.334 e. The van der Waals surface area contributed by atoms with Crippen LogP contribution in [0, 0.1) is 0 Å². The molecule has 4 aromatic carbocycles. The van der Waals surface area contributed by atoms with Crippen molar-refractivity contribution in [3.05, 3.63) is 114 Å². The summed E-state index contributed by atoms with van der Waals surface area (Å²) in [5.74, 6) is -0.856. The number of likely N-dealkylation sites (N-methyl/N-ethyl adjacent to an activating group) is 1. The lowest BCUT2D eigenvalue weighted by atomic mass is 9.97. The summed E-state index contributed by atoms with van der Waals surface area (Å²) in [6, 6.07) is 29.4. The molecule has 278 valence electrons. The van der Waals surface area contributed by atoms with Crippen LogP contribution in [0.2, 0.25) is 0 Å². The number of amides is 5. The monoisotopic (exact) mass is 738 g/mol. The summed E-state index contributed by atoms with van der Waals surface area (Å²) in [5, 5.41) is 11.1. The van der Waals surface area contributed by atoms with Crippen molar-refractivity contribution < 1.29 is 28.3 Å². The fourth-order valence-corrected chi connectivity index (χ4v) is 9.32. The molecule has 12 nitrogen and oxygen atoms in total. The Morgan fingerprint density at radius 1 is 0.887 bits per heavy atom. The smallest absolute Gasteiger partial charge is 0.333 e. The normalized spacial score (nSPS) is 18.8. The third-order valence-electron chi connectivity index (χ3n) is 9.66. The van der Waals surface area contributed by atoms with Crippen LogP contribution in [-0.2, 0) is 43.0 Å². The molecule has 0 aliphatic carbocycles. The number of benzene rings is 4. The number of anilines is 1. The molecule has 1 unspecified atom stereocenters. The zero-order chi connectivity index (χ0) is 37.5. The summed E-state index contributed by atoms with van der Waals surface area (Å²) < 4.78 is 18.5. The number of carbonyl (C=O) groups excluding carboxylic acids is 4. The first-order chi connectivity index (χ1) is 25.6. The molecule has 6 rings (SSSR count). The summed E-state index contributed by atoms with van der Waals surface area (Å²) in [6.07, 6.45) is 0.212. The minimum Gasteiger partial charge on any atom is -0.333 e. The third kappa shape index (κ3) is 8.79. The number of piperazine rings is 1. The van der Waals surface area contributed by atoms with Gasteiger partial charge in [0.05, 0.1) is 19.7 Å². The van der Waals surface area contributed by atoms with E-state index in [2.05, 4.69) is 10.6 Å². The van der Waals surface area contributed by atoms with Crippen LogP contribution in [0.4, 0.5) is 10.5 Å². The molecule has 2 saturated heterocycles. The standard InChI is InChI=1S/C40H47N6O6P/c1-4-22-53(51,52-5-2)28-36(47)42-33-20-18-29(19-21-33)23-35-39(49)44(25-32-16-11-15-31-14-9-10-17-34(31)32)26-37-45(35)38(48)27-43(3)46(37)40(50)41-24-30-12-7-6-8-13-30/h6-21,35,37H,4-5,22-28H2,1-3H3,(H,41,50)(H,42,47)/t35-,37-,53?/m0/s1. The number of urea groups is 1. The molecule has 2 aliphatic rings. The Kier molecular flexibility index (Phi) is 11.9. The highest BCUT2D eigenvalue weighted by Crippen LogP contribution is 2.47. The van der Waals surface area contributed by atoms with Crippen LogP contribution in [0.3, 0.4) is 0 Å². The predicted octanol–water partition coefficient (Wildman–Crippen LogP) is 5.68. The topological polar surface area (TPSA) is 132 Å². The highest BCUT2D eigenvalue weighted by molar-refractivity contribution is 7.60. The molecule has 2 aliphatic heterocycles. The van der Waals surface area contributed by atoms with Gasteiger partial charge in [0.15, 0.2) is 0 Å². The van der Waals surface area contributed by atoms with E-state index in [9.17, 15) is 23.7 Å². The number of carbonyl (C=O) groups is 4. The van der Waals surface area contributed by atoms with Gasteiger partial charge in [-0.05, 0) is 52.9 Å². The van der Waals surface area contributed by atoms with Crippen molar-refractivity contribution in [2.24, 2.45) is 0 Å². The molecule has 2 N–H and O–H groups in total. The second kappa shape index (κ2) is 16.8. The fourth-order valence-electron chi connectivity index (χ4n) is 7.27. The average molecular weight is 739 g/mol. The van der Waals surface area contributed by atoms with Gasteiger partial charge >= 0.3 is 6.03 Å². The molecule has 2 heterocycles. The van der Waals surface area contributed by atoms with E-state index in [1.54, 1.807) is 58.1 Å². The van der Waals surface area contributed by atoms with Gasteiger partial charge in [-0.15, -0.1) is 0 Å². The Morgan fingerprint density at radius 2 is 1.60 bits per heavy atom. The minimum atomic E-state index is -3.08. The van der Waals surface area contributed by atoms with Gasteiger partial charge in [0.1, 0.15) is 18.4 Å². The number of hydrogen-bond donors (Lipinski definition) is 2. The SMILES string of the molecule is CCCP(=O)(CC(=O)Nc1ccc(C[C@H]2C(=O)N(Cc3cccc4ccccc34)C[C@H]3N2C(=O)CN(C)N3C(=O)NCc2ccccc2)cc1)OCC. The molecule has 0 aromatic heterocycles. The number of nitrogens with zero attached hydrogens (tertiary/aromatic N) is 4. The molecule has 0 radical (unpaired) electrons. The summed E-state index contributed by atoms with van der Waals surface area (Å²) in [6.45, 7) is 4.59. The Morgan fingerprint density at radius 3 is 2.34 bits per heavy atom. The summed E-state index contributed by atoms with van der Waals surface area (Å²) in [7, 11) is -1.37. The van der Waals surface area contributed by atoms with Gasteiger partial charge in [-0.25, -0.2) is 14.8 Å². The van der Waals surface area contributed by atoms with E-state index in [-0.39, 0.29) is 50.1 Å². The zero-order valence-electron chi connectivity index (χ0n) is 30.4. The van der Waals surface area contributed by atoms with Crippen LogP contribution in [0.5, 0.6) is 0 Å². The molecule has 13 heteroatoms. The van der Waals surface area contributed by atoms with Gasteiger partial charge < -0.3 is 25.0 Å². The van der Waals surface area contributed by atoms with Crippen LogP contribution in [0.15, 0.2) is 97.1 Å². The van der Waals surface area contributed by atoms with Crippen LogP contribution < -0.4 is 10.6 Å². The Labute approximate surface area is 310 Å². The Bertz CT molecular complexity index is 1980. The number of hydrazine groups is 1. The lowest BCUT2D eigenvalue weighted by Gasteiger charge is -2.54. The maximum atomic E-state index is 14.5. The number of hydrogen-bond acceptors (Lipinski definition) is 7.